The van der Waals surface area contributed by atoms with Crippen LogP contribution in [-0.2, 0) is 6.54 Å². The highest BCUT2D eigenvalue weighted by atomic mass is 32.1. The number of nitrogens with one attached hydrogen (secondary N) is 2. The van der Waals surface area contributed by atoms with E-state index in [0.717, 1.165) is 39.6 Å². The van der Waals surface area contributed by atoms with Gasteiger partial charge in [-0.15, -0.1) is 11.3 Å². The third-order valence-corrected chi connectivity index (χ3v) is 6.95. The van der Waals surface area contributed by atoms with E-state index in [1.54, 1.807) is 0 Å². The van der Waals surface area contributed by atoms with Crippen molar-refractivity contribution >= 4 is 34.2 Å². The fourth-order valence-electron chi connectivity index (χ4n) is 3.81. The second kappa shape index (κ2) is 8.40. The van der Waals surface area contributed by atoms with Gasteiger partial charge in [0.15, 0.2) is 0 Å². The highest BCUT2D eigenvalue weighted by Gasteiger charge is 2.25. The largest absolute Gasteiger partial charge is 0.397 e. The van der Waals surface area contributed by atoms with Crippen LogP contribution >= 0.6 is 11.3 Å². The van der Waals surface area contributed by atoms with Crippen LogP contribution in [0.1, 0.15) is 40.4 Å². The molecule has 0 saturated carbocycles. The van der Waals surface area contributed by atoms with Crippen LogP contribution in [0.3, 0.4) is 0 Å². The van der Waals surface area contributed by atoms with Crippen molar-refractivity contribution in [2.75, 3.05) is 22.6 Å². The Morgan fingerprint density at radius 3 is 2.73 bits per heavy atom. The van der Waals surface area contributed by atoms with Crippen molar-refractivity contribution in [3.63, 3.8) is 0 Å². The maximum absolute atomic E-state index is 13.2. The van der Waals surface area contributed by atoms with Crippen LogP contribution in [0.25, 0.3) is 0 Å². The number of carbonyl (C=O) groups excluding carboxylic acids is 1. The molecule has 2 aliphatic rings. The third kappa shape index (κ3) is 3.87. The smallest absolute Gasteiger partial charge is 0.201 e. The van der Waals surface area contributed by atoms with Crippen molar-refractivity contribution in [1.82, 2.24) is 5.32 Å². The molecule has 1 aliphatic carbocycles. The fraction of sp³-hybridized carbons (Fsp3) is 0.292. The molecule has 1 aromatic heterocycles. The lowest BCUT2D eigenvalue weighted by Crippen LogP contribution is -2.19. The van der Waals surface area contributed by atoms with Gasteiger partial charge in [-0.25, -0.2) is 0 Å². The summed E-state index contributed by atoms with van der Waals surface area (Å²) >= 11 is 1.51. The summed E-state index contributed by atoms with van der Waals surface area (Å²) in [5, 5.41) is 6.63. The van der Waals surface area contributed by atoms with E-state index in [-0.39, 0.29) is 5.78 Å². The summed E-state index contributed by atoms with van der Waals surface area (Å²) in [5.74, 6) is 0.415. The lowest BCUT2D eigenvalue weighted by atomic mass is 9.96. The molecule has 2 heterocycles. The number of nitrogens with zero attached hydrogens (tertiary/aromatic N) is 1. The van der Waals surface area contributed by atoms with Crippen LogP contribution in [-0.4, -0.2) is 12.5 Å². The first-order chi connectivity index (χ1) is 14.5. The Kier molecular flexibility index (Phi) is 5.68. The van der Waals surface area contributed by atoms with Gasteiger partial charge in [-0.1, -0.05) is 26.0 Å². The molecular formula is C24H28N4OS. The van der Waals surface area contributed by atoms with E-state index in [1.807, 2.05) is 19.3 Å². The van der Waals surface area contributed by atoms with Crippen molar-refractivity contribution in [2.24, 2.45) is 5.92 Å². The van der Waals surface area contributed by atoms with Gasteiger partial charge in [0.05, 0.1) is 17.2 Å². The lowest BCUT2D eigenvalue weighted by Gasteiger charge is -2.15. The van der Waals surface area contributed by atoms with E-state index in [9.17, 15) is 4.79 Å². The number of hydrogen-bond acceptors (Lipinski definition) is 6. The van der Waals surface area contributed by atoms with Gasteiger partial charge in [-0.3, -0.25) is 4.79 Å². The Hall–Kier alpha value is -2.99. The summed E-state index contributed by atoms with van der Waals surface area (Å²) in [6.45, 7) is 7.69. The van der Waals surface area contributed by atoms with Crippen LogP contribution in [0.2, 0.25) is 0 Å². The van der Waals surface area contributed by atoms with Gasteiger partial charge in [0, 0.05) is 40.8 Å². The summed E-state index contributed by atoms with van der Waals surface area (Å²) in [7, 11) is 0. The standard InChI is InChI=1S/C24H28N4OS/c1-15(2)19-5-4-6-20(19)23(29)24-22(25)16(3)21(30-24)13-27-17-7-9-18(10-8-17)28-12-11-26-14-28/h4-5,7-12,15,26-27H,6,13-14,25H2,1-3H3. The normalized spacial score (nSPS) is 15.4. The number of benzene rings is 1. The monoisotopic (exact) mass is 420 g/mol. The first kappa shape index (κ1) is 20.3. The zero-order valence-corrected chi connectivity index (χ0v) is 18.5. The number of rotatable bonds is 7. The Morgan fingerprint density at radius 1 is 1.30 bits per heavy atom. The summed E-state index contributed by atoms with van der Waals surface area (Å²) in [4.78, 5) is 17.1. The highest BCUT2D eigenvalue weighted by Crippen LogP contribution is 2.36. The number of allylic oxidation sites excluding steroid dienone is 4. The molecule has 1 aliphatic heterocycles. The Morgan fingerprint density at radius 2 is 2.07 bits per heavy atom. The topological polar surface area (TPSA) is 70.4 Å². The van der Waals surface area contributed by atoms with Gasteiger partial charge in [0.25, 0.3) is 0 Å². The molecular weight excluding hydrogens is 392 g/mol. The third-order valence-electron chi connectivity index (χ3n) is 5.65. The number of anilines is 3. The summed E-state index contributed by atoms with van der Waals surface area (Å²) in [5.41, 5.74) is 12.2. The van der Waals surface area contributed by atoms with E-state index >= 15 is 0 Å². The second-order valence-electron chi connectivity index (χ2n) is 7.97. The van der Waals surface area contributed by atoms with Gasteiger partial charge in [0.2, 0.25) is 5.78 Å². The SMILES string of the molecule is Cc1c(CNc2ccc(N3C=CNC3)cc2)sc(C(=O)C2=C(C(C)C)C=CC2)c1N. The molecule has 0 fully saturated rings. The fourth-order valence-corrected chi connectivity index (χ4v) is 4.95. The summed E-state index contributed by atoms with van der Waals surface area (Å²) in [6, 6.07) is 8.34. The minimum Gasteiger partial charge on any atom is -0.397 e. The van der Waals surface area contributed by atoms with Crippen molar-refractivity contribution in [3.05, 3.63) is 75.3 Å². The van der Waals surface area contributed by atoms with E-state index in [2.05, 4.69) is 65.8 Å². The predicted octanol–water partition coefficient (Wildman–Crippen LogP) is 5.18. The van der Waals surface area contributed by atoms with E-state index in [0.29, 0.717) is 29.4 Å². The molecule has 2 aromatic rings. The molecule has 6 heteroatoms. The Bertz CT molecular complexity index is 1040. The van der Waals surface area contributed by atoms with Gasteiger partial charge < -0.3 is 21.3 Å². The van der Waals surface area contributed by atoms with E-state index in [1.165, 1.54) is 11.3 Å². The Labute approximate surface area is 182 Å². The molecule has 30 heavy (non-hydrogen) atoms. The highest BCUT2D eigenvalue weighted by molar-refractivity contribution is 7.15. The van der Waals surface area contributed by atoms with Crippen molar-refractivity contribution in [2.45, 2.75) is 33.7 Å². The van der Waals surface area contributed by atoms with Crippen LogP contribution in [0.15, 0.2) is 60.0 Å². The number of ketones is 1. The maximum atomic E-state index is 13.2. The number of thiophene rings is 1. The zero-order chi connectivity index (χ0) is 21.3. The van der Waals surface area contributed by atoms with E-state index in [4.69, 9.17) is 5.73 Å². The molecule has 0 amide bonds. The van der Waals surface area contributed by atoms with Crippen molar-refractivity contribution in [3.8, 4) is 0 Å². The number of nitrogens with two attached hydrogens (primary N) is 1. The molecule has 156 valence electrons. The first-order valence-corrected chi connectivity index (χ1v) is 11.1. The van der Waals surface area contributed by atoms with E-state index < -0.39 is 0 Å². The van der Waals surface area contributed by atoms with Crippen molar-refractivity contribution < 1.29 is 4.79 Å². The number of nitrogen functional groups attached to an aromatic ring is 1. The van der Waals surface area contributed by atoms with Gasteiger partial charge in [0.1, 0.15) is 0 Å². The summed E-state index contributed by atoms with van der Waals surface area (Å²) in [6.07, 6.45) is 8.81. The van der Waals surface area contributed by atoms with Crippen LogP contribution < -0.4 is 21.3 Å². The minimum atomic E-state index is 0.0807. The molecule has 0 bridgehead atoms. The molecule has 4 rings (SSSR count). The van der Waals surface area contributed by atoms with Gasteiger partial charge in [-0.2, -0.15) is 0 Å². The minimum absolute atomic E-state index is 0.0807. The Balaban J connectivity index is 1.48. The number of carbonyl (C=O) groups is 1. The average Bonchev–Trinajstić information content (AvgIpc) is 3.49. The van der Waals surface area contributed by atoms with Crippen LogP contribution in [0.4, 0.5) is 17.1 Å². The van der Waals surface area contributed by atoms with Crippen LogP contribution in [0, 0.1) is 12.8 Å². The zero-order valence-electron chi connectivity index (χ0n) is 17.7. The molecule has 4 N–H and O–H groups in total. The molecule has 0 radical (unpaired) electrons. The number of hydrogen-bond donors (Lipinski definition) is 3. The average molecular weight is 421 g/mol. The van der Waals surface area contributed by atoms with Crippen LogP contribution in [0.5, 0.6) is 0 Å². The number of Topliss-reactive ketones (excluding diaryl/α,β-unsaturated/α-hetero) is 1. The van der Waals surface area contributed by atoms with Gasteiger partial charge >= 0.3 is 0 Å². The molecule has 5 nitrogen and oxygen atoms in total. The maximum Gasteiger partial charge on any atom is 0.201 e. The van der Waals surface area contributed by atoms with Crippen molar-refractivity contribution in [1.29, 1.82) is 0 Å². The molecule has 0 spiro atoms. The molecule has 1 aromatic carbocycles. The quantitative estimate of drug-likeness (QED) is 0.538. The lowest BCUT2D eigenvalue weighted by molar-refractivity contribution is 0.103. The predicted molar refractivity (Wildman–Crippen MR) is 127 cm³/mol. The molecule has 0 unspecified atom stereocenters. The molecule has 0 atom stereocenters. The van der Waals surface area contributed by atoms with Gasteiger partial charge in [-0.05, 0) is 54.7 Å². The first-order valence-electron chi connectivity index (χ1n) is 10.3. The molecule has 0 saturated heterocycles. The summed E-state index contributed by atoms with van der Waals surface area (Å²) < 4.78 is 0. The second-order valence-corrected chi connectivity index (χ2v) is 9.07.